The molecule has 0 atom stereocenters. The van der Waals surface area contributed by atoms with Crippen LogP contribution in [0.3, 0.4) is 0 Å². The summed E-state index contributed by atoms with van der Waals surface area (Å²) in [6.45, 7) is 1.97. The molecule has 6 nitrogen and oxygen atoms in total. The zero-order valence-electron chi connectivity index (χ0n) is 13.2. The lowest BCUT2D eigenvalue weighted by atomic mass is 10.2. The molecule has 2 aromatic rings. The second kappa shape index (κ2) is 7.25. The molecule has 23 heavy (non-hydrogen) atoms. The van der Waals surface area contributed by atoms with Gasteiger partial charge in [-0.2, -0.15) is 0 Å². The molecule has 0 radical (unpaired) electrons. The van der Waals surface area contributed by atoms with E-state index < -0.39 is 10.0 Å². The monoisotopic (exact) mass is 354 g/mol. The van der Waals surface area contributed by atoms with E-state index in [1.807, 2.05) is 21.0 Å². The Balaban J connectivity index is 2.05. The molecule has 8 heteroatoms. The number of benzene rings is 1. The Hall–Kier alpha value is -1.70. The van der Waals surface area contributed by atoms with Gasteiger partial charge in [-0.25, -0.2) is 23.1 Å². The summed E-state index contributed by atoms with van der Waals surface area (Å²) in [5.41, 5.74) is 2.09. The molecular weight excluding hydrogens is 336 g/mol. The number of hydrogen-bond donors (Lipinski definition) is 1. The van der Waals surface area contributed by atoms with E-state index in [1.54, 1.807) is 35.2 Å². The van der Waals surface area contributed by atoms with Gasteiger partial charge in [-0.15, -0.1) is 0 Å². The minimum Gasteiger partial charge on any atom is -0.347 e. The number of aromatic nitrogens is 2. The number of anilines is 1. The standard InChI is InChI=1S/C15H19ClN4O2S/c1-11-8-14(19-15(18-11)20(2)3)9-17-23(21,22)10-12-4-6-13(16)7-5-12/h4-8,17H,9-10H2,1-3H3. The molecule has 2 rings (SSSR count). The first kappa shape index (κ1) is 17.7. The van der Waals surface area contributed by atoms with Crippen molar-refractivity contribution >= 4 is 27.6 Å². The normalized spacial score (nSPS) is 11.5. The quantitative estimate of drug-likeness (QED) is 0.860. The fourth-order valence-electron chi connectivity index (χ4n) is 1.94. The van der Waals surface area contributed by atoms with Gasteiger partial charge in [-0.1, -0.05) is 23.7 Å². The van der Waals surface area contributed by atoms with E-state index in [1.165, 1.54) is 0 Å². The third kappa shape index (κ3) is 5.46. The zero-order chi connectivity index (χ0) is 17.0. The lowest BCUT2D eigenvalue weighted by molar-refractivity contribution is 0.579. The predicted molar refractivity (Wildman–Crippen MR) is 92.0 cm³/mol. The Bertz CT molecular complexity index is 777. The molecule has 0 spiro atoms. The molecule has 0 bridgehead atoms. The minimum absolute atomic E-state index is 0.102. The van der Waals surface area contributed by atoms with Gasteiger partial charge in [0, 0.05) is 24.8 Å². The average molecular weight is 355 g/mol. The zero-order valence-corrected chi connectivity index (χ0v) is 14.8. The SMILES string of the molecule is Cc1cc(CNS(=O)(=O)Cc2ccc(Cl)cc2)nc(N(C)C)n1. The Morgan fingerprint density at radius 3 is 2.43 bits per heavy atom. The second-order valence-corrected chi connectivity index (χ2v) is 7.65. The van der Waals surface area contributed by atoms with Crippen LogP contribution in [0.1, 0.15) is 17.0 Å². The van der Waals surface area contributed by atoms with Crippen LogP contribution in [0.25, 0.3) is 0 Å². The molecule has 0 aliphatic heterocycles. The van der Waals surface area contributed by atoms with Crippen molar-refractivity contribution in [3.63, 3.8) is 0 Å². The lowest BCUT2D eigenvalue weighted by Gasteiger charge is -2.13. The smallest absolute Gasteiger partial charge is 0.225 e. The van der Waals surface area contributed by atoms with Crippen LogP contribution in [0.2, 0.25) is 5.02 Å². The van der Waals surface area contributed by atoms with Crippen LogP contribution >= 0.6 is 11.6 Å². The van der Waals surface area contributed by atoms with Crippen LogP contribution in [-0.2, 0) is 22.3 Å². The Morgan fingerprint density at radius 1 is 1.17 bits per heavy atom. The molecule has 1 aromatic carbocycles. The van der Waals surface area contributed by atoms with E-state index in [-0.39, 0.29) is 12.3 Å². The third-order valence-corrected chi connectivity index (χ3v) is 4.59. The fraction of sp³-hybridized carbons (Fsp3) is 0.333. The summed E-state index contributed by atoms with van der Waals surface area (Å²) in [5.74, 6) is 0.450. The fourth-order valence-corrected chi connectivity index (χ4v) is 3.17. The van der Waals surface area contributed by atoms with Crippen LogP contribution in [-0.4, -0.2) is 32.5 Å². The molecule has 0 unspecified atom stereocenters. The van der Waals surface area contributed by atoms with E-state index in [9.17, 15) is 8.42 Å². The van der Waals surface area contributed by atoms with Crippen molar-refractivity contribution in [3.05, 3.63) is 52.3 Å². The number of rotatable bonds is 6. The summed E-state index contributed by atoms with van der Waals surface area (Å²) in [5, 5.41) is 0.576. The predicted octanol–water partition coefficient (Wildman–Crippen LogP) is 2.12. The highest BCUT2D eigenvalue weighted by atomic mass is 35.5. The Morgan fingerprint density at radius 2 is 1.83 bits per heavy atom. The maximum absolute atomic E-state index is 12.2. The van der Waals surface area contributed by atoms with Crippen LogP contribution in [0, 0.1) is 6.92 Å². The van der Waals surface area contributed by atoms with Gasteiger partial charge >= 0.3 is 0 Å². The van der Waals surface area contributed by atoms with Crippen LogP contribution in [0.15, 0.2) is 30.3 Å². The van der Waals surface area contributed by atoms with Crippen molar-refractivity contribution < 1.29 is 8.42 Å². The van der Waals surface area contributed by atoms with Crippen molar-refractivity contribution in [3.8, 4) is 0 Å². The van der Waals surface area contributed by atoms with Gasteiger partial charge in [-0.05, 0) is 30.7 Å². The van der Waals surface area contributed by atoms with E-state index in [0.29, 0.717) is 22.2 Å². The number of nitrogens with one attached hydrogen (secondary N) is 1. The van der Waals surface area contributed by atoms with Crippen LogP contribution in [0.4, 0.5) is 5.95 Å². The molecule has 1 N–H and O–H groups in total. The number of halogens is 1. The van der Waals surface area contributed by atoms with Crippen molar-refractivity contribution in [1.82, 2.24) is 14.7 Å². The summed E-state index contributed by atoms with van der Waals surface area (Å²) >= 11 is 5.80. The molecule has 0 amide bonds. The third-order valence-electron chi connectivity index (χ3n) is 3.04. The molecule has 0 aliphatic carbocycles. The van der Waals surface area contributed by atoms with Crippen molar-refractivity contribution in [2.24, 2.45) is 0 Å². The summed E-state index contributed by atoms with van der Waals surface area (Å²) in [7, 11) is 0.214. The largest absolute Gasteiger partial charge is 0.347 e. The molecule has 0 fully saturated rings. The van der Waals surface area contributed by atoms with E-state index >= 15 is 0 Å². The van der Waals surface area contributed by atoms with Gasteiger partial charge < -0.3 is 4.90 Å². The first-order valence-corrected chi connectivity index (χ1v) is 9.02. The minimum atomic E-state index is -3.46. The average Bonchev–Trinajstić information content (AvgIpc) is 2.47. The van der Waals surface area contributed by atoms with Gasteiger partial charge in [-0.3, -0.25) is 0 Å². The first-order chi connectivity index (χ1) is 10.7. The van der Waals surface area contributed by atoms with Crippen molar-refractivity contribution in [2.45, 2.75) is 19.2 Å². The highest BCUT2D eigenvalue weighted by Crippen LogP contribution is 2.12. The Kier molecular flexibility index (Phi) is 5.56. The number of nitrogens with zero attached hydrogens (tertiary/aromatic N) is 3. The molecule has 1 heterocycles. The molecule has 1 aromatic heterocycles. The van der Waals surface area contributed by atoms with E-state index in [0.717, 1.165) is 5.69 Å². The van der Waals surface area contributed by atoms with Crippen LogP contribution in [0.5, 0.6) is 0 Å². The van der Waals surface area contributed by atoms with Gasteiger partial charge in [0.2, 0.25) is 16.0 Å². The summed E-state index contributed by atoms with van der Waals surface area (Å²) < 4.78 is 26.9. The molecule has 0 aliphatic rings. The molecule has 0 saturated carbocycles. The highest BCUT2D eigenvalue weighted by Gasteiger charge is 2.13. The molecular formula is C15H19ClN4O2S. The van der Waals surface area contributed by atoms with Crippen LogP contribution < -0.4 is 9.62 Å². The van der Waals surface area contributed by atoms with Gasteiger partial charge in [0.15, 0.2) is 0 Å². The summed E-state index contributed by atoms with van der Waals surface area (Å²) in [4.78, 5) is 10.4. The topological polar surface area (TPSA) is 75.2 Å². The molecule has 124 valence electrons. The van der Waals surface area contributed by atoms with Gasteiger partial charge in [0.05, 0.1) is 18.0 Å². The lowest BCUT2D eigenvalue weighted by Crippen LogP contribution is -2.25. The Labute approximate surface area is 141 Å². The molecule has 0 saturated heterocycles. The maximum atomic E-state index is 12.2. The number of sulfonamides is 1. The van der Waals surface area contributed by atoms with Crippen molar-refractivity contribution in [2.75, 3.05) is 19.0 Å². The highest BCUT2D eigenvalue weighted by molar-refractivity contribution is 7.88. The van der Waals surface area contributed by atoms with Gasteiger partial charge in [0.1, 0.15) is 0 Å². The first-order valence-electron chi connectivity index (χ1n) is 6.99. The van der Waals surface area contributed by atoms with Gasteiger partial charge in [0.25, 0.3) is 0 Å². The van der Waals surface area contributed by atoms with E-state index in [4.69, 9.17) is 11.6 Å². The number of aryl methyl sites for hydroxylation is 1. The maximum Gasteiger partial charge on any atom is 0.225 e. The van der Waals surface area contributed by atoms with E-state index in [2.05, 4.69) is 14.7 Å². The van der Waals surface area contributed by atoms with Crippen molar-refractivity contribution in [1.29, 1.82) is 0 Å². The summed E-state index contributed by atoms with van der Waals surface area (Å²) in [6, 6.07) is 8.49. The second-order valence-electron chi connectivity index (χ2n) is 5.40. The number of hydrogen-bond acceptors (Lipinski definition) is 5. The summed E-state index contributed by atoms with van der Waals surface area (Å²) in [6.07, 6.45) is 0.